The van der Waals surface area contributed by atoms with E-state index in [1.54, 1.807) is 0 Å². The second-order valence-corrected chi connectivity index (χ2v) is 5.46. The van der Waals surface area contributed by atoms with Crippen LogP contribution in [0.25, 0.3) is 0 Å². The Morgan fingerprint density at radius 1 is 1.00 bits per heavy atom. The second-order valence-electron chi connectivity index (χ2n) is 5.46. The molecule has 1 nitrogen and oxygen atoms in total. The molecule has 2 atom stereocenters. The van der Waals surface area contributed by atoms with Crippen LogP contribution in [0.4, 0.5) is 11.4 Å². The maximum absolute atomic E-state index is 2.52. The van der Waals surface area contributed by atoms with Crippen molar-refractivity contribution in [3.63, 3.8) is 0 Å². The molecule has 19 heavy (non-hydrogen) atoms. The number of nitrogens with zero attached hydrogens (tertiary/aromatic N) is 1. The van der Waals surface area contributed by atoms with Crippen molar-refractivity contribution in [3.05, 3.63) is 60.2 Å². The number of hydrogen-bond donors (Lipinski definition) is 0. The van der Waals surface area contributed by atoms with E-state index in [0.29, 0.717) is 12.0 Å². The minimum atomic E-state index is 0.604. The van der Waals surface area contributed by atoms with Gasteiger partial charge in [0.15, 0.2) is 0 Å². The smallest absolute Gasteiger partial charge is 0.0448 e. The summed E-state index contributed by atoms with van der Waals surface area (Å²) < 4.78 is 0. The van der Waals surface area contributed by atoms with Crippen molar-refractivity contribution in [3.8, 4) is 0 Å². The average Bonchev–Trinajstić information content (AvgIpc) is 2.48. The molecular weight excluding hydrogens is 230 g/mol. The highest BCUT2D eigenvalue weighted by Crippen LogP contribution is 2.42. The molecule has 1 unspecified atom stereocenters. The summed E-state index contributed by atoms with van der Waals surface area (Å²) in [4.78, 5) is 2.52. The standard InChI is InChI=1S/C18H21N/c1-3-15-13-14(2)17-11-7-8-12-18(17)19(15)16-9-5-4-6-10-16/h4-12,14-15H,3,13H2,1-2H3/t14?,15-/m0/s1. The molecule has 1 aliphatic heterocycles. The average molecular weight is 251 g/mol. The lowest BCUT2D eigenvalue weighted by molar-refractivity contribution is 0.504. The van der Waals surface area contributed by atoms with Crippen molar-refractivity contribution in [2.75, 3.05) is 4.90 Å². The summed E-state index contributed by atoms with van der Waals surface area (Å²) >= 11 is 0. The molecule has 1 heteroatoms. The van der Waals surface area contributed by atoms with Crippen molar-refractivity contribution in [2.45, 2.75) is 38.6 Å². The molecule has 0 saturated carbocycles. The SMILES string of the molecule is CC[C@H]1CC(C)c2ccccc2N1c1ccccc1. The number of benzene rings is 2. The van der Waals surface area contributed by atoms with Gasteiger partial charge in [0.1, 0.15) is 0 Å². The van der Waals surface area contributed by atoms with E-state index in [0.717, 1.165) is 0 Å². The summed E-state index contributed by atoms with van der Waals surface area (Å²) in [5.41, 5.74) is 4.18. The highest BCUT2D eigenvalue weighted by Gasteiger charge is 2.29. The van der Waals surface area contributed by atoms with Gasteiger partial charge in [0, 0.05) is 17.4 Å². The van der Waals surface area contributed by atoms with Crippen LogP contribution in [-0.4, -0.2) is 6.04 Å². The van der Waals surface area contributed by atoms with Crippen LogP contribution in [0.2, 0.25) is 0 Å². The Morgan fingerprint density at radius 2 is 1.68 bits per heavy atom. The van der Waals surface area contributed by atoms with Crippen LogP contribution in [0.3, 0.4) is 0 Å². The molecule has 1 aliphatic rings. The van der Waals surface area contributed by atoms with Crippen LogP contribution in [0.1, 0.15) is 38.2 Å². The summed E-state index contributed by atoms with van der Waals surface area (Å²) in [6, 6.07) is 20.2. The Kier molecular flexibility index (Phi) is 3.29. The predicted octanol–water partition coefficient (Wildman–Crippen LogP) is 5.11. The molecule has 0 fully saturated rings. The second kappa shape index (κ2) is 5.08. The molecule has 0 bridgehead atoms. The van der Waals surface area contributed by atoms with E-state index in [1.165, 1.54) is 29.8 Å². The van der Waals surface area contributed by atoms with Gasteiger partial charge < -0.3 is 4.90 Å². The topological polar surface area (TPSA) is 3.24 Å². The fraction of sp³-hybridized carbons (Fsp3) is 0.333. The van der Waals surface area contributed by atoms with Crippen LogP contribution in [-0.2, 0) is 0 Å². The van der Waals surface area contributed by atoms with Gasteiger partial charge in [-0.1, -0.05) is 50.2 Å². The van der Waals surface area contributed by atoms with Gasteiger partial charge in [-0.2, -0.15) is 0 Å². The maximum Gasteiger partial charge on any atom is 0.0448 e. The van der Waals surface area contributed by atoms with Gasteiger partial charge in [-0.05, 0) is 42.5 Å². The molecule has 0 spiro atoms. The predicted molar refractivity (Wildman–Crippen MR) is 82.1 cm³/mol. The first-order valence-corrected chi connectivity index (χ1v) is 7.24. The van der Waals surface area contributed by atoms with Gasteiger partial charge in [0.25, 0.3) is 0 Å². The van der Waals surface area contributed by atoms with Crippen LogP contribution in [0.5, 0.6) is 0 Å². The lowest BCUT2D eigenvalue weighted by atomic mass is 9.85. The summed E-state index contributed by atoms with van der Waals surface area (Å²) in [5, 5.41) is 0. The monoisotopic (exact) mass is 251 g/mol. The number of rotatable bonds is 2. The largest absolute Gasteiger partial charge is 0.338 e. The minimum absolute atomic E-state index is 0.604. The normalized spacial score (nSPS) is 22.1. The highest BCUT2D eigenvalue weighted by atomic mass is 15.2. The molecule has 0 N–H and O–H groups in total. The van der Waals surface area contributed by atoms with E-state index in [4.69, 9.17) is 0 Å². The summed E-state index contributed by atoms with van der Waals surface area (Å²) in [5.74, 6) is 0.654. The van der Waals surface area contributed by atoms with Crippen LogP contribution >= 0.6 is 0 Å². The zero-order valence-electron chi connectivity index (χ0n) is 11.7. The fourth-order valence-corrected chi connectivity index (χ4v) is 3.25. The van der Waals surface area contributed by atoms with Gasteiger partial charge in [0.05, 0.1) is 0 Å². The van der Waals surface area contributed by atoms with Gasteiger partial charge in [0.2, 0.25) is 0 Å². The molecule has 1 heterocycles. The quantitative estimate of drug-likeness (QED) is 0.717. The molecular formula is C18H21N. The van der Waals surface area contributed by atoms with Gasteiger partial charge in [-0.25, -0.2) is 0 Å². The number of anilines is 2. The van der Waals surface area contributed by atoms with Gasteiger partial charge in [-0.15, -0.1) is 0 Å². The summed E-state index contributed by atoms with van der Waals surface area (Å²) in [6.07, 6.45) is 2.43. The lowest BCUT2D eigenvalue weighted by Crippen LogP contribution is -2.36. The molecule has 0 amide bonds. The zero-order valence-corrected chi connectivity index (χ0v) is 11.7. The Morgan fingerprint density at radius 3 is 2.42 bits per heavy atom. The Labute approximate surface area is 115 Å². The number of hydrogen-bond acceptors (Lipinski definition) is 1. The van der Waals surface area contributed by atoms with E-state index in [1.807, 2.05) is 0 Å². The van der Waals surface area contributed by atoms with E-state index in [9.17, 15) is 0 Å². The molecule has 0 aromatic heterocycles. The summed E-state index contributed by atoms with van der Waals surface area (Å²) in [7, 11) is 0. The molecule has 0 saturated heterocycles. The Balaban J connectivity index is 2.12. The Hall–Kier alpha value is -1.76. The van der Waals surface area contributed by atoms with Gasteiger partial charge >= 0.3 is 0 Å². The third kappa shape index (κ3) is 2.14. The Bertz CT molecular complexity index is 547. The molecule has 2 aromatic rings. The van der Waals surface area contributed by atoms with Crippen LogP contribution in [0.15, 0.2) is 54.6 Å². The van der Waals surface area contributed by atoms with E-state index in [-0.39, 0.29) is 0 Å². The minimum Gasteiger partial charge on any atom is -0.338 e. The van der Waals surface area contributed by atoms with Crippen molar-refractivity contribution in [1.29, 1.82) is 0 Å². The molecule has 3 rings (SSSR count). The van der Waals surface area contributed by atoms with Gasteiger partial charge in [-0.3, -0.25) is 0 Å². The van der Waals surface area contributed by atoms with Crippen molar-refractivity contribution >= 4 is 11.4 Å². The van der Waals surface area contributed by atoms with Crippen molar-refractivity contribution in [1.82, 2.24) is 0 Å². The third-order valence-corrected chi connectivity index (χ3v) is 4.22. The lowest BCUT2D eigenvalue weighted by Gasteiger charge is -2.41. The van der Waals surface area contributed by atoms with Crippen molar-refractivity contribution < 1.29 is 0 Å². The molecule has 0 radical (unpaired) electrons. The first kappa shape index (κ1) is 12.3. The third-order valence-electron chi connectivity index (χ3n) is 4.22. The van der Waals surface area contributed by atoms with Crippen LogP contribution < -0.4 is 4.90 Å². The van der Waals surface area contributed by atoms with Crippen LogP contribution in [0, 0.1) is 0 Å². The van der Waals surface area contributed by atoms with E-state index in [2.05, 4.69) is 73.3 Å². The number of para-hydroxylation sites is 2. The molecule has 2 aromatic carbocycles. The van der Waals surface area contributed by atoms with E-state index < -0.39 is 0 Å². The molecule has 98 valence electrons. The number of fused-ring (bicyclic) bond motifs is 1. The summed E-state index contributed by atoms with van der Waals surface area (Å²) in [6.45, 7) is 4.64. The zero-order chi connectivity index (χ0) is 13.2. The van der Waals surface area contributed by atoms with Crippen molar-refractivity contribution in [2.24, 2.45) is 0 Å². The fourth-order valence-electron chi connectivity index (χ4n) is 3.25. The molecule has 0 aliphatic carbocycles. The first-order valence-electron chi connectivity index (χ1n) is 7.24. The first-order chi connectivity index (χ1) is 9.31. The van der Waals surface area contributed by atoms with E-state index >= 15 is 0 Å². The maximum atomic E-state index is 2.52. The highest BCUT2D eigenvalue weighted by molar-refractivity contribution is 5.69.